The molecule has 142 valence electrons. The Bertz CT molecular complexity index is 684. The van der Waals surface area contributed by atoms with Gasteiger partial charge in [0, 0.05) is 23.5 Å². The van der Waals surface area contributed by atoms with Crippen LogP contribution in [-0.2, 0) is 4.79 Å². The van der Waals surface area contributed by atoms with E-state index in [2.05, 4.69) is 10.6 Å². The second kappa shape index (κ2) is 8.49. The third-order valence-electron chi connectivity index (χ3n) is 5.50. The van der Waals surface area contributed by atoms with E-state index in [0.29, 0.717) is 10.9 Å². The van der Waals surface area contributed by atoms with Crippen LogP contribution in [-0.4, -0.2) is 29.5 Å². The number of rotatable bonds is 5. The SMILES string of the molecule is O=C(NC1CCC(C(=O)NCC2CCC2)CC1)c1cc(Cl)cc(Cl)c1O. The van der Waals surface area contributed by atoms with Crippen molar-refractivity contribution in [1.29, 1.82) is 0 Å². The predicted molar refractivity (Wildman–Crippen MR) is 102 cm³/mol. The van der Waals surface area contributed by atoms with Gasteiger partial charge in [0.1, 0.15) is 5.75 Å². The summed E-state index contributed by atoms with van der Waals surface area (Å²) in [7, 11) is 0. The molecule has 0 atom stereocenters. The van der Waals surface area contributed by atoms with E-state index in [9.17, 15) is 14.7 Å². The van der Waals surface area contributed by atoms with Crippen LogP contribution in [0.5, 0.6) is 5.75 Å². The first-order chi connectivity index (χ1) is 12.4. The van der Waals surface area contributed by atoms with E-state index in [0.717, 1.165) is 32.2 Å². The van der Waals surface area contributed by atoms with Crippen LogP contribution in [0.2, 0.25) is 10.0 Å². The zero-order chi connectivity index (χ0) is 18.7. The summed E-state index contributed by atoms with van der Waals surface area (Å²) in [4.78, 5) is 24.7. The highest BCUT2D eigenvalue weighted by atomic mass is 35.5. The fraction of sp³-hybridized carbons (Fsp3) is 0.579. The lowest BCUT2D eigenvalue weighted by Gasteiger charge is -2.30. The second-order valence-corrected chi connectivity index (χ2v) is 8.19. The average Bonchev–Trinajstić information content (AvgIpc) is 2.57. The number of halogens is 2. The largest absolute Gasteiger partial charge is 0.506 e. The van der Waals surface area contributed by atoms with Gasteiger partial charge >= 0.3 is 0 Å². The van der Waals surface area contributed by atoms with Crippen molar-refractivity contribution in [2.45, 2.75) is 51.0 Å². The molecule has 1 aromatic carbocycles. The zero-order valence-corrected chi connectivity index (χ0v) is 16.1. The monoisotopic (exact) mass is 398 g/mol. The van der Waals surface area contributed by atoms with E-state index < -0.39 is 5.91 Å². The van der Waals surface area contributed by atoms with Crippen LogP contribution < -0.4 is 10.6 Å². The number of carbonyl (C=O) groups is 2. The number of phenolic OH excluding ortho intramolecular Hbond substituents is 1. The summed E-state index contributed by atoms with van der Waals surface area (Å²) in [6, 6.07) is 2.77. The number of amides is 2. The van der Waals surface area contributed by atoms with E-state index in [1.54, 1.807) is 0 Å². The Balaban J connectivity index is 1.47. The molecule has 3 rings (SSSR count). The van der Waals surface area contributed by atoms with Gasteiger partial charge in [0.2, 0.25) is 5.91 Å². The Hall–Kier alpha value is -1.46. The fourth-order valence-corrected chi connectivity index (χ4v) is 4.08. The first-order valence-corrected chi connectivity index (χ1v) is 9.96. The molecule has 1 aromatic rings. The number of hydrogen-bond acceptors (Lipinski definition) is 3. The van der Waals surface area contributed by atoms with Gasteiger partial charge in [0.05, 0.1) is 10.6 Å². The first-order valence-electron chi connectivity index (χ1n) is 9.20. The summed E-state index contributed by atoms with van der Waals surface area (Å²) in [5.74, 6) is 0.160. The Kier molecular flexibility index (Phi) is 6.30. The number of carbonyl (C=O) groups excluding carboxylic acids is 2. The van der Waals surface area contributed by atoms with E-state index in [-0.39, 0.29) is 34.2 Å². The Morgan fingerprint density at radius 3 is 2.38 bits per heavy atom. The number of phenols is 1. The van der Waals surface area contributed by atoms with Crippen LogP contribution >= 0.6 is 23.2 Å². The summed E-state index contributed by atoms with van der Waals surface area (Å²) >= 11 is 11.8. The maximum atomic E-state index is 12.4. The van der Waals surface area contributed by atoms with Gasteiger partial charge in [-0.2, -0.15) is 0 Å². The molecule has 0 heterocycles. The van der Waals surface area contributed by atoms with E-state index in [4.69, 9.17) is 23.2 Å². The number of nitrogens with one attached hydrogen (secondary N) is 2. The number of aromatic hydroxyl groups is 1. The van der Waals surface area contributed by atoms with Gasteiger partial charge in [-0.3, -0.25) is 9.59 Å². The van der Waals surface area contributed by atoms with Crippen LogP contribution in [0.15, 0.2) is 12.1 Å². The van der Waals surface area contributed by atoms with Gasteiger partial charge in [0.15, 0.2) is 0 Å². The lowest BCUT2D eigenvalue weighted by molar-refractivity contribution is -0.126. The lowest BCUT2D eigenvalue weighted by Crippen LogP contribution is -2.42. The van der Waals surface area contributed by atoms with Crippen molar-refractivity contribution < 1.29 is 14.7 Å². The van der Waals surface area contributed by atoms with Crippen LogP contribution in [0.4, 0.5) is 0 Å². The predicted octanol–water partition coefficient (Wildman–Crippen LogP) is 3.90. The molecule has 0 bridgehead atoms. The molecular weight excluding hydrogens is 375 g/mol. The maximum absolute atomic E-state index is 12.4. The summed E-state index contributed by atoms with van der Waals surface area (Å²) in [5.41, 5.74) is 0.0721. The van der Waals surface area contributed by atoms with Crippen LogP contribution in [0.3, 0.4) is 0 Å². The molecule has 0 aliphatic heterocycles. The van der Waals surface area contributed by atoms with E-state index in [1.165, 1.54) is 31.4 Å². The second-order valence-electron chi connectivity index (χ2n) is 7.35. The molecule has 2 saturated carbocycles. The van der Waals surface area contributed by atoms with Gasteiger partial charge in [-0.25, -0.2) is 0 Å². The highest BCUT2D eigenvalue weighted by molar-refractivity contribution is 6.36. The van der Waals surface area contributed by atoms with Crippen LogP contribution in [0.25, 0.3) is 0 Å². The third kappa shape index (κ3) is 4.63. The van der Waals surface area contributed by atoms with Gasteiger partial charge < -0.3 is 15.7 Å². The summed E-state index contributed by atoms with van der Waals surface area (Å²) in [6.07, 6.45) is 6.70. The van der Waals surface area contributed by atoms with Crippen LogP contribution in [0, 0.1) is 11.8 Å². The van der Waals surface area contributed by atoms with Gasteiger partial charge in [0.25, 0.3) is 5.91 Å². The molecule has 7 heteroatoms. The van der Waals surface area contributed by atoms with Crippen molar-refractivity contribution in [3.63, 3.8) is 0 Å². The molecule has 0 unspecified atom stereocenters. The van der Waals surface area contributed by atoms with Crippen molar-refractivity contribution in [2.75, 3.05) is 6.54 Å². The minimum atomic E-state index is -0.398. The fourth-order valence-electron chi connectivity index (χ4n) is 3.59. The maximum Gasteiger partial charge on any atom is 0.255 e. The van der Waals surface area contributed by atoms with Crippen molar-refractivity contribution in [1.82, 2.24) is 10.6 Å². The van der Waals surface area contributed by atoms with E-state index >= 15 is 0 Å². The Morgan fingerprint density at radius 2 is 1.77 bits per heavy atom. The van der Waals surface area contributed by atoms with Gasteiger partial charge in [-0.15, -0.1) is 0 Å². The Labute approximate surface area is 163 Å². The minimum Gasteiger partial charge on any atom is -0.506 e. The highest BCUT2D eigenvalue weighted by Gasteiger charge is 2.28. The molecule has 0 aromatic heterocycles. The summed E-state index contributed by atoms with van der Waals surface area (Å²) < 4.78 is 0. The molecule has 2 amide bonds. The van der Waals surface area contributed by atoms with E-state index in [1.807, 2.05) is 0 Å². The zero-order valence-electron chi connectivity index (χ0n) is 14.6. The molecule has 2 aliphatic rings. The Morgan fingerprint density at radius 1 is 1.08 bits per heavy atom. The molecule has 2 fully saturated rings. The van der Waals surface area contributed by atoms with Crippen molar-refractivity contribution in [2.24, 2.45) is 11.8 Å². The molecule has 0 spiro atoms. The van der Waals surface area contributed by atoms with Crippen LogP contribution in [0.1, 0.15) is 55.3 Å². The molecule has 0 radical (unpaired) electrons. The molecule has 3 N–H and O–H groups in total. The number of hydrogen-bond donors (Lipinski definition) is 3. The standard InChI is InChI=1S/C19H24Cl2N2O3/c20-13-8-15(17(24)16(21)9-13)19(26)23-14-6-4-12(5-7-14)18(25)22-10-11-2-1-3-11/h8-9,11-12,14,24H,1-7,10H2,(H,22,25)(H,23,26). The molecule has 26 heavy (non-hydrogen) atoms. The average molecular weight is 399 g/mol. The summed E-state index contributed by atoms with van der Waals surface area (Å²) in [5, 5.41) is 16.3. The minimum absolute atomic E-state index is 0.0182. The highest BCUT2D eigenvalue weighted by Crippen LogP contribution is 2.32. The van der Waals surface area contributed by atoms with Crippen molar-refractivity contribution in [3.8, 4) is 5.75 Å². The lowest BCUT2D eigenvalue weighted by atomic mass is 9.83. The quantitative estimate of drug-likeness (QED) is 0.703. The third-order valence-corrected chi connectivity index (χ3v) is 6.00. The molecule has 0 saturated heterocycles. The van der Waals surface area contributed by atoms with Gasteiger partial charge in [-0.1, -0.05) is 29.6 Å². The normalized spacial score (nSPS) is 23.2. The topological polar surface area (TPSA) is 78.4 Å². The molecule has 2 aliphatic carbocycles. The smallest absolute Gasteiger partial charge is 0.255 e. The first kappa shape index (κ1) is 19.3. The molecule has 5 nitrogen and oxygen atoms in total. The van der Waals surface area contributed by atoms with Crippen molar-refractivity contribution in [3.05, 3.63) is 27.7 Å². The summed E-state index contributed by atoms with van der Waals surface area (Å²) in [6.45, 7) is 0.796. The van der Waals surface area contributed by atoms with Crippen molar-refractivity contribution >= 4 is 35.0 Å². The number of benzene rings is 1. The van der Waals surface area contributed by atoms with Gasteiger partial charge in [-0.05, 0) is 56.6 Å². The molecular formula is C19H24Cl2N2O3.